The Kier molecular flexibility index (Phi) is 2.88. The summed E-state index contributed by atoms with van der Waals surface area (Å²) in [6.45, 7) is 1.91. The zero-order valence-corrected chi connectivity index (χ0v) is 10.7. The van der Waals surface area contributed by atoms with Crippen LogP contribution in [-0.2, 0) is 12.8 Å². The van der Waals surface area contributed by atoms with Gasteiger partial charge in [0.1, 0.15) is 17.4 Å². The van der Waals surface area contributed by atoms with E-state index in [1.807, 2.05) is 25.1 Å². The number of aryl methyl sites for hydroxylation is 3. The maximum atomic E-state index is 9.19. The number of nitrogens with zero attached hydrogens (tertiary/aromatic N) is 3. The Balaban J connectivity index is 1.96. The van der Waals surface area contributed by atoms with Crippen molar-refractivity contribution in [3.05, 3.63) is 46.9 Å². The summed E-state index contributed by atoms with van der Waals surface area (Å²) in [6.07, 6.45) is 4.71. The van der Waals surface area contributed by atoms with Crippen LogP contribution in [0.5, 0.6) is 11.6 Å². The molecule has 4 heteroatoms. The summed E-state index contributed by atoms with van der Waals surface area (Å²) < 4.78 is 5.68. The SMILES string of the molecule is Cc1ccc(Oc2nc3c(cc2C#N)CCC3)cn1. The summed E-state index contributed by atoms with van der Waals surface area (Å²) in [4.78, 5) is 8.64. The van der Waals surface area contributed by atoms with Gasteiger partial charge >= 0.3 is 0 Å². The Morgan fingerprint density at radius 3 is 2.95 bits per heavy atom. The van der Waals surface area contributed by atoms with Gasteiger partial charge in [0.05, 0.1) is 6.20 Å². The average molecular weight is 251 g/mol. The van der Waals surface area contributed by atoms with Crippen LogP contribution in [0.15, 0.2) is 24.4 Å². The molecule has 0 unspecified atom stereocenters. The van der Waals surface area contributed by atoms with Crippen molar-refractivity contribution in [1.82, 2.24) is 9.97 Å². The maximum Gasteiger partial charge on any atom is 0.237 e. The van der Waals surface area contributed by atoms with Crippen LogP contribution in [0, 0.1) is 18.3 Å². The molecule has 94 valence electrons. The fourth-order valence-corrected chi connectivity index (χ4v) is 2.24. The van der Waals surface area contributed by atoms with Crippen molar-refractivity contribution >= 4 is 0 Å². The lowest BCUT2D eigenvalue weighted by atomic mass is 10.1. The second-order valence-corrected chi connectivity index (χ2v) is 4.65. The molecule has 0 aliphatic heterocycles. The predicted octanol–water partition coefficient (Wildman–Crippen LogP) is 2.94. The third-order valence-corrected chi connectivity index (χ3v) is 3.24. The van der Waals surface area contributed by atoms with E-state index in [0.717, 1.165) is 30.7 Å². The quantitative estimate of drug-likeness (QED) is 0.823. The lowest BCUT2D eigenvalue weighted by Crippen LogP contribution is -1.97. The number of hydrogen-bond acceptors (Lipinski definition) is 4. The fraction of sp³-hybridized carbons (Fsp3) is 0.267. The zero-order valence-electron chi connectivity index (χ0n) is 10.7. The maximum absolute atomic E-state index is 9.19. The minimum atomic E-state index is 0.383. The second kappa shape index (κ2) is 4.69. The molecule has 0 atom stereocenters. The van der Waals surface area contributed by atoms with Crippen LogP contribution in [-0.4, -0.2) is 9.97 Å². The molecule has 0 aromatic carbocycles. The van der Waals surface area contributed by atoms with Crippen molar-refractivity contribution in [1.29, 1.82) is 5.26 Å². The first-order valence-corrected chi connectivity index (χ1v) is 6.29. The molecule has 0 bridgehead atoms. The summed E-state index contributed by atoms with van der Waals surface area (Å²) in [6, 6.07) is 7.75. The van der Waals surface area contributed by atoms with Crippen molar-refractivity contribution in [3.63, 3.8) is 0 Å². The highest BCUT2D eigenvalue weighted by molar-refractivity contribution is 5.45. The molecule has 0 saturated heterocycles. The standard InChI is InChI=1S/C15H13N3O/c1-10-5-6-13(9-17-10)19-15-12(8-16)7-11-3-2-4-14(11)18-15/h5-7,9H,2-4H2,1H3. The van der Waals surface area contributed by atoms with E-state index in [9.17, 15) is 5.26 Å². The van der Waals surface area contributed by atoms with Gasteiger partial charge < -0.3 is 4.74 Å². The van der Waals surface area contributed by atoms with Crippen molar-refractivity contribution in [2.75, 3.05) is 0 Å². The molecule has 0 amide bonds. The summed E-state index contributed by atoms with van der Waals surface area (Å²) >= 11 is 0. The van der Waals surface area contributed by atoms with E-state index in [0.29, 0.717) is 17.2 Å². The Morgan fingerprint density at radius 2 is 2.21 bits per heavy atom. The van der Waals surface area contributed by atoms with E-state index in [1.165, 1.54) is 5.56 Å². The van der Waals surface area contributed by atoms with Gasteiger partial charge in [-0.3, -0.25) is 4.98 Å². The Hall–Kier alpha value is -2.41. The molecule has 2 heterocycles. The van der Waals surface area contributed by atoms with Crippen molar-refractivity contribution in [2.45, 2.75) is 26.2 Å². The number of pyridine rings is 2. The number of aromatic nitrogens is 2. The lowest BCUT2D eigenvalue weighted by molar-refractivity contribution is 0.457. The normalized spacial score (nSPS) is 12.8. The number of fused-ring (bicyclic) bond motifs is 1. The first-order valence-electron chi connectivity index (χ1n) is 6.29. The van der Waals surface area contributed by atoms with E-state index in [-0.39, 0.29) is 0 Å². The number of nitriles is 1. The second-order valence-electron chi connectivity index (χ2n) is 4.65. The van der Waals surface area contributed by atoms with E-state index < -0.39 is 0 Å². The number of ether oxygens (including phenoxy) is 1. The molecule has 19 heavy (non-hydrogen) atoms. The largest absolute Gasteiger partial charge is 0.436 e. The molecule has 0 spiro atoms. The molecule has 0 N–H and O–H groups in total. The monoisotopic (exact) mass is 251 g/mol. The summed E-state index contributed by atoms with van der Waals surface area (Å²) in [5.41, 5.74) is 3.64. The van der Waals surface area contributed by atoms with E-state index in [4.69, 9.17) is 4.74 Å². The first kappa shape index (κ1) is 11.7. The third kappa shape index (κ3) is 2.27. The lowest BCUT2D eigenvalue weighted by Gasteiger charge is -2.08. The third-order valence-electron chi connectivity index (χ3n) is 3.24. The highest BCUT2D eigenvalue weighted by Crippen LogP contribution is 2.28. The zero-order chi connectivity index (χ0) is 13.2. The molecule has 0 radical (unpaired) electrons. The molecule has 2 aromatic heterocycles. The van der Waals surface area contributed by atoms with Gasteiger partial charge in [0.25, 0.3) is 0 Å². The summed E-state index contributed by atoms with van der Waals surface area (Å²) in [7, 11) is 0. The van der Waals surface area contributed by atoms with E-state index >= 15 is 0 Å². The minimum Gasteiger partial charge on any atom is -0.436 e. The van der Waals surface area contributed by atoms with Gasteiger partial charge in [-0.05, 0) is 49.9 Å². The van der Waals surface area contributed by atoms with Crippen LogP contribution in [0.25, 0.3) is 0 Å². The van der Waals surface area contributed by atoms with Gasteiger partial charge in [-0.15, -0.1) is 0 Å². The molecular weight excluding hydrogens is 238 g/mol. The molecule has 2 aromatic rings. The van der Waals surface area contributed by atoms with Crippen LogP contribution in [0.3, 0.4) is 0 Å². The van der Waals surface area contributed by atoms with E-state index in [2.05, 4.69) is 16.0 Å². The molecule has 1 aliphatic rings. The van der Waals surface area contributed by atoms with Gasteiger partial charge in [-0.2, -0.15) is 5.26 Å². The minimum absolute atomic E-state index is 0.383. The fourth-order valence-electron chi connectivity index (χ4n) is 2.24. The number of rotatable bonds is 2. The topological polar surface area (TPSA) is 58.8 Å². The van der Waals surface area contributed by atoms with Crippen molar-refractivity contribution in [2.24, 2.45) is 0 Å². The van der Waals surface area contributed by atoms with Gasteiger partial charge in [-0.1, -0.05) is 0 Å². The van der Waals surface area contributed by atoms with Crippen LogP contribution >= 0.6 is 0 Å². The molecular formula is C15H13N3O. The van der Waals surface area contributed by atoms with Gasteiger partial charge in [0, 0.05) is 11.4 Å². The van der Waals surface area contributed by atoms with Crippen LogP contribution in [0.2, 0.25) is 0 Å². The van der Waals surface area contributed by atoms with Gasteiger partial charge in [0.2, 0.25) is 5.88 Å². The van der Waals surface area contributed by atoms with E-state index in [1.54, 1.807) is 6.20 Å². The molecule has 3 rings (SSSR count). The Bertz CT molecular complexity index is 656. The molecule has 1 aliphatic carbocycles. The van der Waals surface area contributed by atoms with Crippen molar-refractivity contribution < 1.29 is 4.74 Å². The highest BCUT2D eigenvalue weighted by atomic mass is 16.5. The Labute approximate surface area is 111 Å². The summed E-state index contributed by atoms with van der Waals surface area (Å²) in [5.74, 6) is 0.987. The Morgan fingerprint density at radius 1 is 1.32 bits per heavy atom. The van der Waals surface area contributed by atoms with Crippen molar-refractivity contribution in [3.8, 4) is 17.7 Å². The van der Waals surface area contributed by atoms with Crippen LogP contribution in [0.4, 0.5) is 0 Å². The molecule has 0 saturated carbocycles. The smallest absolute Gasteiger partial charge is 0.237 e. The highest BCUT2D eigenvalue weighted by Gasteiger charge is 2.17. The van der Waals surface area contributed by atoms with Gasteiger partial charge in [0.15, 0.2) is 0 Å². The molecule has 4 nitrogen and oxygen atoms in total. The van der Waals surface area contributed by atoms with Crippen LogP contribution < -0.4 is 4.74 Å². The number of hydrogen-bond donors (Lipinski definition) is 0. The predicted molar refractivity (Wildman–Crippen MR) is 70.0 cm³/mol. The van der Waals surface area contributed by atoms with Gasteiger partial charge in [-0.25, -0.2) is 4.98 Å². The molecule has 0 fully saturated rings. The van der Waals surface area contributed by atoms with Crippen LogP contribution in [0.1, 0.15) is 28.9 Å². The average Bonchev–Trinajstić information content (AvgIpc) is 2.87. The first-order chi connectivity index (χ1) is 9.26. The summed E-state index contributed by atoms with van der Waals surface area (Å²) in [5, 5.41) is 9.19.